The SMILES string of the molecule is CCCN(C)C(=O)c1cnn2c(-c3ccccc3)ccnc12. The molecule has 0 saturated heterocycles. The molecule has 0 N–H and O–H groups in total. The normalized spacial score (nSPS) is 10.8. The molecule has 1 aromatic carbocycles. The molecule has 3 rings (SSSR count). The van der Waals surface area contributed by atoms with Crippen LogP contribution in [0.1, 0.15) is 23.7 Å². The second-order valence-electron chi connectivity index (χ2n) is 5.22. The summed E-state index contributed by atoms with van der Waals surface area (Å²) in [7, 11) is 1.80. The van der Waals surface area contributed by atoms with Crippen LogP contribution in [0, 0.1) is 0 Å². The van der Waals surface area contributed by atoms with Gasteiger partial charge in [0, 0.05) is 25.4 Å². The van der Waals surface area contributed by atoms with E-state index in [9.17, 15) is 4.79 Å². The van der Waals surface area contributed by atoms with Crippen molar-refractivity contribution in [2.24, 2.45) is 0 Å². The zero-order valence-corrected chi connectivity index (χ0v) is 12.7. The monoisotopic (exact) mass is 294 g/mol. The topological polar surface area (TPSA) is 50.5 Å². The predicted molar refractivity (Wildman–Crippen MR) is 85.7 cm³/mol. The largest absolute Gasteiger partial charge is 0.342 e. The van der Waals surface area contributed by atoms with Crippen LogP contribution in [-0.2, 0) is 0 Å². The van der Waals surface area contributed by atoms with Crippen molar-refractivity contribution in [2.45, 2.75) is 13.3 Å². The first-order valence-electron chi connectivity index (χ1n) is 7.36. The first-order chi connectivity index (χ1) is 10.7. The van der Waals surface area contributed by atoms with E-state index >= 15 is 0 Å². The molecule has 2 heterocycles. The van der Waals surface area contributed by atoms with Gasteiger partial charge in [0.25, 0.3) is 5.91 Å². The van der Waals surface area contributed by atoms with E-state index in [0.29, 0.717) is 17.8 Å². The lowest BCUT2D eigenvalue weighted by Crippen LogP contribution is -2.27. The van der Waals surface area contributed by atoms with Crippen molar-refractivity contribution in [1.29, 1.82) is 0 Å². The standard InChI is InChI=1S/C17H18N4O/c1-3-11-20(2)17(22)14-12-19-21-15(9-10-18-16(14)21)13-7-5-4-6-8-13/h4-10,12H,3,11H2,1-2H3. The Morgan fingerprint density at radius 1 is 1.23 bits per heavy atom. The Morgan fingerprint density at radius 3 is 2.73 bits per heavy atom. The number of carbonyl (C=O) groups is 1. The lowest BCUT2D eigenvalue weighted by atomic mass is 10.1. The maximum atomic E-state index is 12.5. The molecule has 5 nitrogen and oxygen atoms in total. The molecule has 3 aromatic rings. The van der Waals surface area contributed by atoms with Gasteiger partial charge >= 0.3 is 0 Å². The highest BCUT2D eigenvalue weighted by Gasteiger charge is 2.18. The summed E-state index contributed by atoms with van der Waals surface area (Å²) in [5, 5.41) is 4.37. The van der Waals surface area contributed by atoms with Gasteiger partial charge in [0.15, 0.2) is 5.65 Å². The summed E-state index contributed by atoms with van der Waals surface area (Å²) in [4.78, 5) is 18.5. The third kappa shape index (κ3) is 2.45. The zero-order valence-electron chi connectivity index (χ0n) is 12.7. The van der Waals surface area contributed by atoms with Crippen LogP contribution in [0.5, 0.6) is 0 Å². The average molecular weight is 294 g/mol. The second kappa shape index (κ2) is 5.97. The zero-order chi connectivity index (χ0) is 15.5. The van der Waals surface area contributed by atoms with Gasteiger partial charge in [-0.1, -0.05) is 37.3 Å². The van der Waals surface area contributed by atoms with E-state index < -0.39 is 0 Å². The summed E-state index contributed by atoms with van der Waals surface area (Å²) in [5.41, 5.74) is 3.09. The summed E-state index contributed by atoms with van der Waals surface area (Å²) in [5.74, 6) is -0.0467. The molecule has 2 aromatic heterocycles. The van der Waals surface area contributed by atoms with E-state index in [0.717, 1.165) is 17.7 Å². The first-order valence-corrected chi connectivity index (χ1v) is 7.36. The maximum absolute atomic E-state index is 12.5. The van der Waals surface area contributed by atoms with Crippen LogP contribution in [-0.4, -0.2) is 39.0 Å². The lowest BCUT2D eigenvalue weighted by molar-refractivity contribution is 0.0797. The Morgan fingerprint density at radius 2 is 2.00 bits per heavy atom. The van der Waals surface area contributed by atoms with Crippen molar-refractivity contribution >= 4 is 11.6 Å². The van der Waals surface area contributed by atoms with Gasteiger partial charge in [-0.05, 0) is 12.5 Å². The van der Waals surface area contributed by atoms with Gasteiger partial charge in [0.1, 0.15) is 5.56 Å². The maximum Gasteiger partial charge on any atom is 0.259 e. The molecule has 0 aliphatic rings. The van der Waals surface area contributed by atoms with Gasteiger partial charge in [-0.15, -0.1) is 0 Å². The number of nitrogens with zero attached hydrogens (tertiary/aromatic N) is 4. The van der Waals surface area contributed by atoms with Crippen LogP contribution in [0.15, 0.2) is 48.8 Å². The van der Waals surface area contributed by atoms with E-state index in [-0.39, 0.29) is 5.91 Å². The minimum Gasteiger partial charge on any atom is -0.342 e. The Labute approximate surface area is 129 Å². The fourth-order valence-corrected chi connectivity index (χ4v) is 2.51. The van der Waals surface area contributed by atoms with Crippen molar-refractivity contribution in [2.75, 3.05) is 13.6 Å². The van der Waals surface area contributed by atoms with Crippen LogP contribution in [0.3, 0.4) is 0 Å². The van der Waals surface area contributed by atoms with Crippen molar-refractivity contribution in [3.05, 3.63) is 54.4 Å². The summed E-state index contributed by atoms with van der Waals surface area (Å²) >= 11 is 0. The number of hydrogen-bond donors (Lipinski definition) is 0. The summed E-state index contributed by atoms with van der Waals surface area (Å²) in [6.45, 7) is 2.76. The van der Waals surface area contributed by atoms with E-state index in [2.05, 4.69) is 10.1 Å². The number of carbonyl (C=O) groups excluding carboxylic acids is 1. The van der Waals surface area contributed by atoms with Gasteiger partial charge in [-0.2, -0.15) is 5.10 Å². The Bertz CT molecular complexity index is 795. The van der Waals surface area contributed by atoms with E-state index in [1.54, 1.807) is 28.9 Å². The number of aromatic nitrogens is 3. The van der Waals surface area contributed by atoms with Crippen LogP contribution in [0.4, 0.5) is 0 Å². The van der Waals surface area contributed by atoms with Crippen LogP contribution in [0.2, 0.25) is 0 Å². The fraction of sp³-hybridized carbons (Fsp3) is 0.235. The summed E-state index contributed by atoms with van der Waals surface area (Å²) in [6.07, 6.45) is 4.24. The van der Waals surface area contributed by atoms with Crippen molar-refractivity contribution in [3.63, 3.8) is 0 Å². The molecule has 5 heteroatoms. The molecule has 0 spiro atoms. The molecule has 0 saturated carbocycles. The van der Waals surface area contributed by atoms with Gasteiger partial charge in [-0.25, -0.2) is 9.50 Å². The lowest BCUT2D eigenvalue weighted by Gasteiger charge is -2.14. The fourth-order valence-electron chi connectivity index (χ4n) is 2.51. The number of benzene rings is 1. The van der Waals surface area contributed by atoms with E-state index in [4.69, 9.17) is 0 Å². The van der Waals surface area contributed by atoms with E-state index in [1.807, 2.05) is 43.3 Å². The molecule has 112 valence electrons. The number of amides is 1. The van der Waals surface area contributed by atoms with Crippen molar-refractivity contribution < 1.29 is 4.79 Å². The minimum atomic E-state index is -0.0467. The van der Waals surface area contributed by atoms with Crippen LogP contribution < -0.4 is 0 Å². The van der Waals surface area contributed by atoms with Crippen LogP contribution >= 0.6 is 0 Å². The molecule has 0 atom stereocenters. The predicted octanol–water partition coefficient (Wildman–Crippen LogP) is 2.88. The van der Waals surface area contributed by atoms with Gasteiger partial charge in [0.2, 0.25) is 0 Å². The molecule has 0 aliphatic carbocycles. The molecule has 1 amide bonds. The van der Waals surface area contributed by atoms with Gasteiger partial charge in [-0.3, -0.25) is 4.79 Å². The van der Waals surface area contributed by atoms with E-state index in [1.165, 1.54) is 0 Å². The number of hydrogen-bond acceptors (Lipinski definition) is 3. The number of fused-ring (bicyclic) bond motifs is 1. The Hall–Kier alpha value is -2.69. The summed E-state index contributed by atoms with van der Waals surface area (Å²) < 4.78 is 1.72. The molecule has 0 radical (unpaired) electrons. The molecule has 0 bridgehead atoms. The van der Waals surface area contributed by atoms with Gasteiger partial charge in [0.05, 0.1) is 11.9 Å². The van der Waals surface area contributed by atoms with Crippen molar-refractivity contribution in [1.82, 2.24) is 19.5 Å². The highest BCUT2D eigenvalue weighted by molar-refractivity contribution is 5.99. The highest BCUT2D eigenvalue weighted by atomic mass is 16.2. The quantitative estimate of drug-likeness (QED) is 0.743. The molecule has 0 aliphatic heterocycles. The van der Waals surface area contributed by atoms with Crippen LogP contribution in [0.25, 0.3) is 16.9 Å². The third-order valence-corrected chi connectivity index (χ3v) is 3.61. The van der Waals surface area contributed by atoms with Crippen molar-refractivity contribution in [3.8, 4) is 11.3 Å². The third-order valence-electron chi connectivity index (χ3n) is 3.61. The summed E-state index contributed by atoms with van der Waals surface area (Å²) in [6, 6.07) is 11.9. The smallest absolute Gasteiger partial charge is 0.259 e. The number of rotatable bonds is 4. The Kier molecular flexibility index (Phi) is 3.87. The first kappa shape index (κ1) is 14.3. The molecule has 22 heavy (non-hydrogen) atoms. The molecular weight excluding hydrogens is 276 g/mol. The molecule has 0 fully saturated rings. The molecule has 0 unspecified atom stereocenters. The minimum absolute atomic E-state index is 0.0467. The van der Waals surface area contributed by atoms with Gasteiger partial charge < -0.3 is 4.90 Å². The highest BCUT2D eigenvalue weighted by Crippen LogP contribution is 2.21. The second-order valence-corrected chi connectivity index (χ2v) is 5.22. The Balaban J connectivity index is 2.08. The average Bonchev–Trinajstić information content (AvgIpc) is 2.99. The molecular formula is C17H18N4O.